The summed E-state index contributed by atoms with van der Waals surface area (Å²) in [6, 6.07) is 1.94. The Balaban J connectivity index is 1.60. The van der Waals surface area contributed by atoms with Crippen molar-refractivity contribution in [2.24, 2.45) is 5.92 Å². The summed E-state index contributed by atoms with van der Waals surface area (Å²) in [5.74, 6) is 2.14. The molecule has 2 aromatic heterocycles. The van der Waals surface area contributed by atoms with Gasteiger partial charge in [-0.05, 0) is 31.7 Å². The third-order valence-corrected chi connectivity index (χ3v) is 4.43. The molecule has 0 amide bonds. The van der Waals surface area contributed by atoms with Crippen LogP contribution in [0.2, 0.25) is 0 Å². The van der Waals surface area contributed by atoms with E-state index in [9.17, 15) is 4.79 Å². The fraction of sp³-hybridized carbons (Fsp3) is 0.529. The first-order valence-corrected chi connectivity index (χ1v) is 8.24. The zero-order valence-corrected chi connectivity index (χ0v) is 14.2. The molecule has 3 rings (SSSR count). The number of hydrogen-bond acceptors (Lipinski definition) is 6. The van der Waals surface area contributed by atoms with Crippen LogP contribution in [-0.4, -0.2) is 39.7 Å². The summed E-state index contributed by atoms with van der Waals surface area (Å²) in [5, 5.41) is 0. The van der Waals surface area contributed by atoms with Gasteiger partial charge >= 0.3 is 0 Å². The summed E-state index contributed by atoms with van der Waals surface area (Å²) in [7, 11) is 1.64. The number of anilines is 1. The molecule has 3 heterocycles. The number of piperidine rings is 1. The van der Waals surface area contributed by atoms with Crippen molar-refractivity contribution >= 4 is 5.82 Å². The molecule has 1 aliphatic heterocycles. The molecule has 2 aromatic rings. The molecule has 0 radical (unpaired) electrons. The van der Waals surface area contributed by atoms with Gasteiger partial charge in [-0.2, -0.15) is 0 Å². The fourth-order valence-corrected chi connectivity index (χ4v) is 3.08. The lowest BCUT2D eigenvalue weighted by Gasteiger charge is -2.33. The van der Waals surface area contributed by atoms with Crippen molar-refractivity contribution < 1.29 is 4.74 Å². The van der Waals surface area contributed by atoms with Gasteiger partial charge in [-0.3, -0.25) is 9.36 Å². The van der Waals surface area contributed by atoms with E-state index in [0.717, 1.165) is 38.3 Å². The monoisotopic (exact) mass is 329 g/mol. The van der Waals surface area contributed by atoms with Crippen LogP contribution in [0.15, 0.2) is 29.6 Å². The van der Waals surface area contributed by atoms with Crippen LogP contribution in [0.3, 0.4) is 0 Å². The molecule has 0 spiro atoms. The molecule has 1 fully saturated rings. The van der Waals surface area contributed by atoms with Gasteiger partial charge in [0.2, 0.25) is 0 Å². The zero-order valence-electron chi connectivity index (χ0n) is 14.2. The minimum absolute atomic E-state index is 0.0624. The SMILES string of the molecule is COCc1nccc(N2CCC(Cn3cncc(C)c3=O)CC2)n1. The predicted molar refractivity (Wildman–Crippen MR) is 90.9 cm³/mol. The van der Waals surface area contributed by atoms with Crippen molar-refractivity contribution in [3.05, 3.63) is 46.5 Å². The number of rotatable bonds is 5. The van der Waals surface area contributed by atoms with E-state index >= 15 is 0 Å². The van der Waals surface area contributed by atoms with Gasteiger partial charge in [0.1, 0.15) is 12.4 Å². The lowest BCUT2D eigenvalue weighted by molar-refractivity contribution is 0.177. The third kappa shape index (κ3) is 3.79. The van der Waals surface area contributed by atoms with E-state index in [4.69, 9.17) is 4.74 Å². The minimum atomic E-state index is 0.0624. The van der Waals surface area contributed by atoms with Crippen LogP contribution in [0.4, 0.5) is 5.82 Å². The molecule has 0 saturated carbocycles. The first kappa shape index (κ1) is 16.6. The maximum atomic E-state index is 12.1. The molecule has 128 valence electrons. The predicted octanol–water partition coefficient (Wildman–Crippen LogP) is 1.40. The summed E-state index contributed by atoms with van der Waals surface area (Å²) in [4.78, 5) is 27.3. The second-order valence-electron chi connectivity index (χ2n) is 6.23. The van der Waals surface area contributed by atoms with E-state index in [0.29, 0.717) is 23.9 Å². The summed E-state index contributed by atoms with van der Waals surface area (Å²) in [5.41, 5.74) is 0.758. The van der Waals surface area contributed by atoms with E-state index < -0.39 is 0 Å². The summed E-state index contributed by atoms with van der Waals surface area (Å²) >= 11 is 0. The number of aryl methyl sites for hydroxylation is 1. The lowest BCUT2D eigenvalue weighted by atomic mass is 9.96. The smallest absolute Gasteiger partial charge is 0.256 e. The molecule has 1 aliphatic rings. The highest BCUT2D eigenvalue weighted by Crippen LogP contribution is 2.22. The number of ether oxygens (including phenoxy) is 1. The molecule has 24 heavy (non-hydrogen) atoms. The number of nitrogens with zero attached hydrogens (tertiary/aromatic N) is 5. The Kier molecular flexibility index (Phi) is 5.20. The highest BCUT2D eigenvalue weighted by molar-refractivity contribution is 5.37. The minimum Gasteiger partial charge on any atom is -0.377 e. The van der Waals surface area contributed by atoms with Crippen LogP contribution in [0.5, 0.6) is 0 Å². The quantitative estimate of drug-likeness (QED) is 0.826. The van der Waals surface area contributed by atoms with E-state index in [-0.39, 0.29) is 5.56 Å². The van der Waals surface area contributed by atoms with Crippen LogP contribution in [-0.2, 0) is 17.9 Å². The summed E-state index contributed by atoms with van der Waals surface area (Å²) in [6.07, 6.45) is 7.10. The molecule has 0 N–H and O–H groups in total. The fourth-order valence-electron chi connectivity index (χ4n) is 3.08. The lowest BCUT2D eigenvalue weighted by Crippen LogP contribution is -2.37. The van der Waals surface area contributed by atoms with E-state index in [1.54, 1.807) is 37.3 Å². The Labute approximate surface area is 141 Å². The molecule has 0 aliphatic carbocycles. The molecule has 0 aromatic carbocycles. The Hall–Kier alpha value is -2.28. The van der Waals surface area contributed by atoms with Crippen molar-refractivity contribution in [3.8, 4) is 0 Å². The van der Waals surface area contributed by atoms with Crippen molar-refractivity contribution in [1.82, 2.24) is 19.5 Å². The largest absolute Gasteiger partial charge is 0.377 e. The second kappa shape index (κ2) is 7.53. The van der Waals surface area contributed by atoms with E-state index in [1.807, 2.05) is 6.07 Å². The average molecular weight is 329 g/mol. The van der Waals surface area contributed by atoms with E-state index in [1.165, 1.54) is 0 Å². The standard InChI is InChI=1S/C17H23N5O2/c1-13-9-18-12-22(17(13)23)10-14-4-7-21(8-5-14)16-3-6-19-15(20-16)11-24-2/h3,6,9,12,14H,4-5,7-8,10-11H2,1-2H3. The molecule has 7 nitrogen and oxygen atoms in total. The van der Waals surface area contributed by atoms with Crippen molar-refractivity contribution in [3.63, 3.8) is 0 Å². The van der Waals surface area contributed by atoms with Crippen LogP contribution >= 0.6 is 0 Å². The van der Waals surface area contributed by atoms with Crippen molar-refractivity contribution in [2.45, 2.75) is 32.9 Å². The highest BCUT2D eigenvalue weighted by atomic mass is 16.5. The first-order chi connectivity index (χ1) is 11.7. The maximum absolute atomic E-state index is 12.1. The number of methoxy groups -OCH3 is 1. The molecular formula is C17H23N5O2. The summed E-state index contributed by atoms with van der Waals surface area (Å²) < 4.78 is 6.83. The Morgan fingerprint density at radius 2 is 2.12 bits per heavy atom. The zero-order chi connectivity index (χ0) is 16.9. The first-order valence-electron chi connectivity index (χ1n) is 8.24. The number of hydrogen-bond donors (Lipinski definition) is 0. The summed E-state index contributed by atoms with van der Waals surface area (Å²) in [6.45, 7) is 4.83. The van der Waals surface area contributed by atoms with Gasteiger partial charge in [0.25, 0.3) is 5.56 Å². The molecule has 0 atom stereocenters. The van der Waals surface area contributed by atoms with Crippen LogP contribution < -0.4 is 10.5 Å². The van der Waals surface area contributed by atoms with Gasteiger partial charge in [0, 0.05) is 44.7 Å². The normalized spacial score (nSPS) is 15.7. The molecule has 0 unspecified atom stereocenters. The topological polar surface area (TPSA) is 73.1 Å². The highest BCUT2D eigenvalue weighted by Gasteiger charge is 2.21. The van der Waals surface area contributed by atoms with E-state index in [2.05, 4.69) is 19.9 Å². The Morgan fingerprint density at radius 3 is 2.88 bits per heavy atom. The van der Waals surface area contributed by atoms with Gasteiger partial charge in [0.15, 0.2) is 5.82 Å². The second-order valence-corrected chi connectivity index (χ2v) is 6.23. The van der Waals surface area contributed by atoms with Crippen LogP contribution in [0, 0.1) is 12.8 Å². The molecule has 1 saturated heterocycles. The molecule has 0 bridgehead atoms. The number of aromatic nitrogens is 4. The van der Waals surface area contributed by atoms with Gasteiger partial charge in [-0.25, -0.2) is 15.0 Å². The molecular weight excluding hydrogens is 306 g/mol. The third-order valence-electron chi connectivity index (χ3n) is 4.43. The van der Waals surface area contributed by atoms with Gasteiger partial charge in [-0.15, -0.1) is 0 Å². The maximum Gasteiger partial charge on any atom is 0.256 e. The Bertz CT molecular complexity index is 738. The molecule has 7 heteroatoms. The van der Waals surface area contributed by atoms with Crippen LogP contribution in [0.1, 0.15) is 24.2 Å². The van der Waals surface area contributed by atoms with Crippen LogP contribution in [0.25, 0.3) is 0 Å². The van der Waals surface area contributed by atoms with Gasteiger partial charge in [-0.1, -0.05) is 0 Å². The van der Waals surface area contributed by atoms with Crippen molar-refractivity contribution in [1.29, 1.82) is 0 Å². The van der Waals surface area contributed by atoms with Gasteiger partial charge in [0.05, 0.1) is 6.33 Å². The van der Waals surface area contributed by atoms with Crippen molar-refractivity contribution in [2.75, 3.05) is 25.1 Å². The average Bonchev–Trinajstić information content (AvgIpc) is 2.60. The van der Waals surface area contributed by atoms with Gasteiger partial charge < -0.3 is 9.64 Å². The Morgan fingerprint density at radius 1 is 1.33 bits per heavy atom.